The molecule has 0 bridgehead atoms. The molecule has 9 heteroatoms. The Morgan fingerprint density at radius 2 is 1.84 bits per heavy atom. The Hall–Kier alpha value is -3.98. The summed E-state index contributed by atoms with van der Waals surface area (Å²) in [6, 6.07) is 14.8. The smallest absolute Gasteiger partial charge is 0.341 e. The van der Waals surface area contributed by atoms with Crippen molar-refractivity contribution in [1.82, 2.24) is 9.97 Å². The lowest BCUT2D eigenvalue weighted by molar-refractivity contribution is -0.124. The first-order valence-corrected chi connectivity index (χ1v) is 13.6. The second kappa shape index (κ2) is 11.2. The number of aromatic amines is 1. The highest BCUT2D eigenvalue weighted by molar-refractivity contribution is 7.17. The molecule has 2 aromatic carbocycles. The number of fused-ring (bicyclic) bond motifs is 2. The fraction of sp³-hybridized carbons (Fsp3) is 0.310. The number of ether oxygens (including phenoxy) is 2. The SMILES string of the molecule is CCC(OC(=O)c1ccc2nc(-c3ccccc3)[nH]c2c1)C(=O)Nc1sc2c(c1C(=O)OC)CCCCC2. The predicted molar refractivity (Wildman–Crippen MR) is 147 cm³/mol. The standard InChI is InChI=1S/C29H29N3O5S/c1-3-22(26(33)32-27-24(29(35)36-2)19-12-8-5-9-13-23(19)38-27)37-28(34)18-14-15-20-21(16-18)31-25(30-20)17-10-6-4-7-11-17/h4,6-7,10-11,14-16,22H,3,5,8-9,12-13H2,1-2H3,(H,30,31)(H,32,33). The molecule has 1 atom stereocenters. The minimum absolute atomic E-state index is 0.278. The fourth-order valence-electron chi connectivity index (χ4n) is 4.73. The molecule has 2 aromatic heterocycles. The number of rotatable bonds is 7. The van der Waals surface area contributed by atoms with E-state index >= 15 is 0 Å². The Morgan fingerprint density at radius 3 is 2.61 bits per heavy atom. The van der Waals surface area contributed by atoms with Crippen LogP contribution in [0, 0.1) is 0 Å². The summed E-state index contributed by atoms with van der Waals surface area (Å²) in [5, 5.41) is 3.30. The minimum Gasteiger partial charge on any atom is -0.465 e. The highest BCUT2D eigenvalue weighted by atomic mass is 32.1. The van der Waals surface area contributed by atoms with Crippen molar-refractivity contribution in [3.05, 3.63) is 70.1 Å². The number of H-pyrrole nitrogens is 1. The summed E-state index contributed by atoms with van der Waals surface area (Å²) < 4.78 is 10.6. The molecule has 0 radical (unpaired) electrons. The molecule has 2 heterocycles. The van der Waals surface area contributed by atoms with Gasteiger partial charge in [-0.05, 0) is 55.9 Å². The molecule has 0 spiro atoms. The third kappa shape index (κ3) is 5.19. The molecule has 0 saturated heterocycles. The van der Waals surface area contributed by atoms with Crippen molar-refractivity contribution in [2.75, 3.05) is 12.4 Å². The first-order valence-electron chi connectivity index (χ1n) is 12.8. The van der Waals surface area contributed by atoms with Crippen LogP contribution in [-0.4, -0.2) is 41.0 Å². The molecule has 1 aliphatic rings. The number of methoxy groups -OCH3 is 1. The van der Waals surface area contributed by atoms with Crippen molar-refractivity contribution < 1.29 is 23.9 Å². The summed E-state index contributed by atoms with van der Waals surface area (Å²) in [5.41, 5.74) is 4.04. The van der Waals surface area contributed by atoms with E-state index in [1.807, 2.05) is 30.3 Å². The monoisotopic (exact) mass is 531 g/mol. The van der Waals surface area contributed by atoms with Crippen LogP contribution >= 0.6 is 11.3 Å². The van der Waals surface area contributed by atoms with Gasteiger partial charge in [0, 0.05) is 10.4 Å². The molecule has 1 amide bonds. The lowest BCUT2D eigenvalue weighted by Crippen LogP contribution is -2.32. The van der Waals surface area contributed by atoms with Gasteiger partial charge in [-0.25, -0.2) is 14.6 Å². The lowest BCUT2D eigenvalue weighted by Gasteiger charge is -2.16. The van der Waals surface area contributed by atoms with Gasteiger partial charge in [0.15, 0.2) is 6.10 Å². The molecule has 196 valence electrons. The van der Waals surface area contributed by atoms with Crippen LogP contribution in [0.2, 0.25) is 0 Å². The van der Waals surface area contributed by atoms with E-state index in [0.717, 1.165) is 53.6 Å². The molecule has 38 heavy (non-hydrogen) atoms. The largest absolute Gasteiger partial charge is 0.465 e. The van der Waals surface area contributed by atoms with E-state index in [2.05, 4.69) is 15.3 Å². The van der Waals surface area contributed by atoms with Gasteiger partial charge in [0.05, 0.1) is 29.3 Å². The van der Waals surface area contributed by atoms with Crippen LogP contribution in [0.4, 0.5) is 5.00 Å². The van der Waals surface area contributed by atoms with Gasteiger partial charge in [-0.1, -0.05) is 43.7 Å². The molecular weight excluding hydrogens is 502 g/mol. The molecule has 1 aliphatic carbocycles. The highest BCUT2D eigenvalue weighted by Gasteiger charge is 2.29. The summed E-state index contributed by atoms with van der Waals surface area (Å²) in [6.07, 6.45) is 4.05. The Labute approximate surface area is 224 Å². The third-order valence-corrected chi connectivity index (χ3v) is 7.93. The number of hydrogen-bond acceptors (Lipinski definition) is 7. The normalized spacial score (nSPS) is 13.8. The second-order valence-corrected chi connectivity index (χ2v) is 10.3. The quantitative estimate of drug-likeness (QED) is 0.226. The van der Waals surface area contributed by atoms with E-state index in [0.29, 0.717) is 27.5 Å². The number of anilines is 1. The molecule has 1 unspecified atom stereocenters. The second-order valence-electron chi connectivity index (χ2n) is 9.23. The van der Waals surface area contributed by atoms with Gasteiger partial charge in [0.1, 0.15) is 10.8 Å². The third-order valence-electron chi connectivity index (χ3n) is 6.72. The van der Waals surface area contributed by atoms with Gasteiger partial charge in [0.2, 0.25) is 0 Å². The Bertz CT molecular complexity index is 1490. The number of nitrogens with one attached hydrogen (secondary N) is 2. The number of benzene rings is 2. The van der Waals surface area contributed by atoms with Crippen LogP contribution in [-0.2, 0) is 27.1 Å². The van der Waals surface area contributed by atoms with Crippen LogP contribution in [0.3, 0.4) is 0 Å². The summed E-state index contributed by atoms with van der Waals surface area (Å²) in [4.78, 5) is 47.7. The summed E-state index contributed by atoms with van der Waals surface area (Å²) >= 11 is 1.41. The molecule has 5 rings (SSSR count). The zero-order chi connectivity index (χ0) is 26.6. The average Bonchev–Trinajstić information content (AvgIpc) is 3.44. The number of aryl methyl sites for hydroxylation is 1. The van der Waals surface area contributed by atoms with Crippen LogP contribution in [0.1, 0.15) is 63.8 Å². The Kier molecular flexibility index (Phi) is 7.55. The van der Waals surface area contributed by atoms with Crippen LogP contribution < -0.4 is 5.32 Å². The molecule has 0 fully saturated rings. The van der Waals surface area contributed by atoms with Gasteiger partial charge in [-0.3, -0.25) is 4.79 Å². The zero-order valence-corrected chi connectivity index (χ0v) is 22.2. The topological polar surface area (TPSA) is 110 Å². The van der Waals surface area contributed by atoms with Crippen molar-refractivity contribution in [2.45, 2.75) is 51.6 Å². The van der Waals surface area contributed by atoms with Crippen LogP contribution in [0.5, 0.6) is 0 Å². The maximum Gasteiger partial charge on any atom is 0.341 e. The summed E-state index contributed by atoms with van der Waals surface area (Å²) in [6.45, 7) is 1.77. The minimum atomic E-state index is -1.02. The molecule has 8 nitrogen and oxygen atoms in total. The van der Waals surface area contributed by atoms with E-state index in [-0.39, 0.29) is 6.42 Å². The number of amides is 1. The first kappa shape index (κ1) is 25.7. The highest BCUT2D eigenvalue weighted by Crippen LogP contribution is 2.38. The van der Waals surface area contributed by atoms with Gasteiger partial charge in [-0.2, -0.15) is 0 Å². The Morgan fingerprint density at radius 1 is 1.05 bits per heavy atom. The van der Waals surface area contributed by atoms with Crippen molar-refractivity contribution >= 4 is 45.2 Å². The van der Waals surface area contributed by atoms with Crippen molar-refractivity contribution in [1.29, 1.82) is 0 Å². The number of imidazole rings is 1. The van der Waals surface area contributed by atoms with E-state index in [4.69, 9.17) is 9.47 Å². The van der Waals surface area contributed by atoms with Crippen LogP contribution in [0.15, 0.2) is 48.5 Å². The number of nitrogens with zero attached hydrogens (tertiary/aromatic N) is 1. The number of carbonyl (C=O) groups is 3. The van der Waals surface area contributed by atoms with Gasteiger partial charge in [0.25, 0.3) is 5.91 Å². The van der Waals surface area contributed by atoms with Crippen molar-refractivity contribution in [3.63, 3.8) is 0 Å². The maximum absolute atomic E-state index is 13.2. The van der Waals surface area contributed by atoms with E-state index < -0.39 is 23.9 Å². The van der Waals surface area contributed by atoms with Crippen molar-refractivity contribution in [2.24, 2.45) is 0 Å². The average molecular weight is 532 g/mol. The Balaban J connectivity index is 1.33. The van der Waals surface area contributed by atoms with Gasteiger partial charge >= 0.3 is 11.9 Å². The van der Waals surface area contributed by atoms with Crippen LogP contribution in [0.25, 0.3) is 22.4 Å². The van der Waals surface area contributed by atoms with Gasteiger partial charge in [-0.15, -0.1) is 11.3 Å². The number of esters is 2. The van der Waals surface area contributed by atoms with E-state index in [1.54, 1.807) is 25.1 Å². The fourth-order valence-corrected chi connectivity index (χ4v) is 6.01. The maximum atomic E-state index is 13.2. The molecule has 2 N–H and O–H groups in total. The number of thiophene rings is 1. The van der Waals surface area contributed by atoms with Crippen molar-refractivity contribution in [3.8, 4) is 11.4 Å². The number of hydrogen-bond donors (Lipinski definition) is 2. The van der Waals surface area contributed by atoms with Gasteiger partial charge < -0.3 is 19.8 Å². The number of aromatic nitrogens is 2. The lowest BCUT2D eigenvalue weighted by atomic mass is 10.1. The molecular formula is C29H29N3O5S. The predicted octanol–water partition coefficient (Wildman–Crippen LogP) is 5.92. The van der Waals surface area contributed by atoms with E-state index in [1.165, 1.54) is 18.4 Å². The molecule has 4 aromatic rings. The number of carbonyl (C=O) groups excluding carboxylic acids is 3. The summed E-state index contributed by atoms with van der Waals surface area (Å²) in [5.74, 6) is -0.850. The summed E-state index contributed by atoms with van der Waals surface area (Å²) in [7, 11) is 1.34. The zero-order valence-electron chi connectivity index (χ0n) is 21.3. The van der Waals surface area contributed by atoms with E-state index in [9.17, 15) is 14.4 Å². The first-order chi connectivity index (χ1) is 18.5. The molecule has 0 aliphatic heterocycles. The molecule has 0 saturated carbocycles.